The number of alkyl halides is 2. The summed E-state index contributed by atoms with van der Waals surface area (Å²) in [6, 6.07) is -2.97. The van der Waals surface area contributed by atoms with Gasteiger partial charge in [-0.25, -0.2) is 0 Å². The van der Waals surface area contributed by atoms with Crippen LogP contribution in [0.5, 0.6) is 0 Å². The predicted octanol–water partition coefficient (Wildman–Crippen LogP) is 2.36. The molecular formula is C7H15F2N. The molecule has 0 saturated carbocycles. The van der Waals surface area contributed by atoms with E-state index in [1.54, 1.807) is 0 Å². The van der Waals surface area contributed by atoms with Gasteiger partial charge >= 0.3 is 0 Å². The maximum absolute atomic E-state index is 12.0. The molecule has 0 aromatic heterocycles. The van der Waals surface area contributed by atoms with E-state index in [0.29, 0.717) is 12.3 Å². The topological polar surface area (TPSA) is 26.0 Å². The summed E-state index contributed by atoms with van der Waals surface area (Å²) in [6.07, 6.45) is 1.26. The lowest BCUT2D eigenvalue weighted by Crippen LogP contribution is -2.28. The predicted molar refractivity (Wildman–Crippen MR) is 37.8 cm³/mol. The van der Waals surface area contributed by atoms with E-state index in [9.17, 15) is 8.78 Å². The molecule has 0 aliphatic rings. The lowest BCUT2D eigenvalue weighted by Gasteiger charge is -2.12. The monoisotopic (exact) mass is 151 g/mol. The highest BCUT2D eigenvalue weighted by molar-refractivity contribution is 4.59. The largest absolute Gasteiger partial charge is 0.300 e. The second kappa shape index (κ2) is 3.86. The van der Waals surface area contributed by atoms with Crippen LogP contribution in [-0.2, 0) is 0 Å². The van der Waals surface area contributed by atoms with Crippen LogP contribution in [0.25, 0.3) is 0 Å². The maximum Gasteiger partial charge on any atom is 0.300 e. The summed E-state index contributed by atoms with van der Waals surface area (Å²) >= 11 is 0. The molecule has 0 aromatic carbocycles. The van der Waals surface area contributed by atoms with Crippen molar-refractivity contribution in [2.75, 3.05) is 0 Å². The van der Waals surface area contributed by atoms with Crippen LogP contribution in [0, 0.1) is 5.92 Å². The molecule has 0 aliphatic heterocycles. The summed E-state index contributed by atoms with van der Waals surface area (Å²) in [5.41, 5.74) is 4.51. The van der Waals surface area contributed by atoms with E-state index >= 15 is 0 Å². The molecule has 0 heterocycles. The van der Waals surface area contributed by atoms with Gasteiger partial charge in [0.2, 0.25) is 0 Å². The van der Waals surface area contributed by atoms with Crippen molar-refractivity contribution in [2.24, 2.45) is 11.7 Å². The fourth-order valence-electron chi connectivity index (χ4n) is 0.643. The zero-order valence-corrected chi connectivity index (χ0v) is 6.53. The van der Waals surface area contributed by atoms with Crippen LogP contribution in [0.4, 0.5) is 8.78 Å². The van der Waals surface area contributed by atoms with Crippen molar-refractivity contribution in [1.82, 2.24) is 0 Å². The van der Waals surface area contributed by atoms with Crippen LogP contribution in [-0.4, -0.2) is 6.05 Å². The first-order chi connectivity index (χ1) is 4.45. The number of hydrogen-bond donors (Lipinski definition) is 1. The lowest BCUT2D eigenvalue weighted by atomic mass is 10.0. The van der Waals surface area contributed by atoms with Crippen LogP contribution in [0.2, 0.25) is 0 Å². The van der Waals surface area contributed by atoms with Gasteiger partial charge in [0.25, 0.3) is 6.05 Å². The van der Waals surface area contributed by atoms with Gasteiger partial charge in [-0.1, -0.05) is 20.3 Å². The Morgan fingerprint density at radius 1 is 1.50 bits per heavy atom. The first-order valence-corrected chi connectivity index (χ1v) is 3.62. The van der Waals surface area contributed by atoms with E-state index in [1.807, 2.05) is 13.8 Å². The average Bonchev–Trinajstić information content (AvgIpc) is 1.81. The second-order valence-electron chi connectivity index (χ2n) is 2.81. The molecule has 10 heavy (non-hydrogen) atoms. The minimum absolute atomic E-state index is 0.192. The molecule has 0 amide bonds. The molecule has 0 bridgehead atoms. The molecule has 0 rings (SSSR count). The molecule has 0 aromatic rings. The Kier molecular flexibility index (Phi) is 3.79. The highest BCUT2D eigenvalue weighted by atomic mass is 19.3. The standard InChI is InChI=1S/C7H15F2N/c1-3-6(2)4-5-7(8,9)10/h6H,3-5,10H2,1-2H3. The van der Waals surface area contributed by atoms with Crippen molar-refractivity contribution in [3.8, 4) is 0 Å². The Labute approximate surface area is 60.6 Å². The summed E-state index contributed by atoms with van der Waals surface area (Å²) < 4.78 is 24.0. The molecule has 0 fully saturated rings. The van der Waals surface area contributed by atoms with Crippen molar-refractivity contribution in [2.45, 2.75) is 39.2 Å². The number of rotatable bonds is 4. The first-order valence-electron chi connectivity index (χ1n) is 3.62. The summed E-state index contributed by atoms with van der Waals surface area (Å²) in [6.45, 7) is 3.94. The lowest BCUT2D eigenvalue weighted by molar-refractivity contribution is -0.00621. The van der Waals surface area contributed by atoms with Gasteiger partial charge in [0.1, 0.15) is 0 Å². The Morgan fingerprint density at radius 3 is 2.30 bits per heavy atom. The zero-order valence-electron chi connectivity index (χ0n) is 6.53. The molecular weight excluding hydrogens is 136 g/mol. The van der Waals surface area contributed by atoms with Crippen LogP contribution in [0.3, 0.4) is 0 Å². The number of hydrogen-bond acceptors (Lipinski definition) is 1. The Morgan fingerprint density at radius 2 is 2.00 bits per heavy atom. The van der Waals surface area contributed by atoms with Crippen LogP contribution in [0.1, 0.15) is 33.1 Å². The summed E-state index contributed by atoms with van der Waals surface area (Å²) in [5.74, 6) is 0.356. The highest BCUT2D eigenvalue weighted by Crippen LogP contribution is 2.18. The SMILES string of the molecule is CCC(C)CCC(N)(F)F. The molecule has 1 unspecified atom stereocenters. The van der Waals surface area contributed by atoms with Crippen molar-refractivity contribution in [1.29, 1.82) is 0 Å². The van der Waals surface area contributed by atoms with Gasteiger partial charge in [-0.2, -0.15) is 8.78 Å². The third-order valence-electron chi connectivity index (χ3n) is 1.67. The zero-order chi connectivity index (χ0) is 8.20. The fraction of sp³-hybridized carbons (Fsp3) is 1.00. The molecule has 0 radical (unpaired) electrons. The number of nitrogens with two attached hydrogens (primary N) is 1. The van der Waals surface area contributed by atoms with Gasteiger partial charge in [0.15, 0.2) is 0 Å². The Bertz CT molecular complexity index is 88.1. The Balaban J connectivity index is 3.36. The van der Waals surface area contributed by atoms with Crippen LogP contribution < -0.4 is 5.73 Å². The quantitative estimate of drug-likeness (QED) is 0.613. The van der Waals surface area contributed by atoms with E-state index < -0.39 is 6.05 Å². The molecule has 0 spiro atoms. The fourth-order valence-corrected chi connectivity index (χ4v) is 0.643. The van der Waals surface area contributed by atoms with Gasteiger partial charge in [-0.05, 0) is 12.3 Å². The van der Waals surface area contributed by atoms with Gasteiger partial charge in [0.05, 0.1) is 0 Å². The molecule has 0 saturated heterocycles. The molecule has 0 aliphatic carbocycles. The molecule has 2 N–H and O–H groups in total. The normalized spacial score (nSPS) is 15.3. The van der Waals surface area contributed by atoms with Gasteiger partial charge in [-0.15, -0.1) is 0 Å². The van der Waals surface area contributed by atoms with E-state index in [2.05, 4.69) is 5.73 Å². The third kappa shape index (κ3) is 5.95. The third-order valence-corrected chi connectivity index (χ3v) is 1.67. The summed E-state index contributed by atoms with van der Waals surface area (Å²) in [5, 5.41) is 0. The van der Waals surface area contributed by atoms with Crippen molar-refractivity contribution in [3.63, 3.8) is 0 Å². The second-order valence-corrected chi connectivity index (χ2v) is 2.81. The molecule has 62 valence electrons. The molecule has 3 heteroatoms. The maximum atomic E-state index is 12.0. The summed E-state index contributed by atoms with van der Waals surface area (Å²) in [7, 11) is 0. The molecule has 1 nitrogen and oxygen atoms in total. The average molecular weight is 151 g/mol. The van der Waals surface area contributed by atoms with Crippen molar-refractivity contribution in [3.05, 3.63) is 0 Å². The highest BCUT2D eigenvalue weighted by Gasteiger charge is 2.21. The van der Waals surface area contributed by atoms with E-state index in [4.69, 9.17) is 0 Å². The van der Waals surface area contributed by atoms with Gasteiger partial charge in [0, 0.05) is 6.42 Å². The van der Waals surface area contributed by atoms with Crippen LogP contribution in [0.15, 0.2) is 0 Å². The minimum Gasteiger partial charge on any atom is -0.272 e. The van der Waals surface area contributed by atoms with Gasteiger partial charge < -0.3 is 0 Å². The van der Waals surface area contributed by atoms with Gasteiger partial charge in [-0.3, -0.25) is 5.73 Å². The van der Waals surface area contributed by atoms with E-state index in [0.717, 1.165) is 6.42 Å². The summed E-state index contributed by atoms with van der Waals surface area (Å²) in [4.78, 5) is 0. The first kappa shape index (κ1) is 9.82. The minimum atomic E-state index is -2.97. The van der Waals surface area contributed by atoms with Crippen molar-refractivity contribution >= 4 is 0 Å². The van der Waals surface area contributed by atoms with Crippen LogP contribution >= 0.6 is 0 Å². The van der Waals surface area contributed by atoms with E-state index in [-0.39, 0.29) is 6.42 Å². The molecule has 1 atom stereocenters. The smallest absolute Gasteiger partial charge is 0.272 e. The Hall–Kier alpha value is -0.180. The van der Waals surface area contributed by atoms with Crippen molar-refractivity contribution < 1.29 is 8.78 Å². The number of halogens is 2. The van der Waals surface area contributed by atoms with E-state index in [1.165, 1.54) is 0 Å².